The summed E-state index contributed by atoms with van der Waals surface area (Å²) in [5.41, 5.74) is 0. The van der Waals surface area contributed by atoms with E-state index in [4.69, 9.17) is 4.74 Å². The fourth-order valence-electron chi connectivity index (χ4n) is 3.17. The summed E-state index contributed by atoms with van der Waals surface area (Å²) in [4.78, 5) is 14.5. The molecule has 3 fully saturated rings. The largest absolute Gasteiger partial charge is 0.381 e. The first-order chi connectivity index (χ1) is 10.0. The molecule has 2 aliphatic heterocycles. The Hall–Kier alpha value is -0.660. The molecule has 1 saturated carbocycles. The van der Waals surface area contributed by atoms with Crippen LogP contribution in [-0.4, -0.2) is 69.1 Å². The van der Waals surface area contributed by atoms with Gasteiger partial charge in [-0.05, 0) is 19.3 Å². The second kappa shape index (κ2) is 6.22. The maximum Gasteiger partial charge on any atom is 0.224 e. The zero-order chi connectivity index (χ0) is 14.9. The van der Waals surface area contributed by atoms with Crippen LogP contribution < -0.4 is 5.32 Å². The van der Waals surface area contributed by atoms with Gasteiger partial charge < -0.3 is 15.0 Å². The van der Waals surface area contributed by atoms with Crippen LogP contribution in [0.1, 0.15) is 25.7 Å². The number of nitrogens with one attached hydrogen (secondary N) is 1. The number of carbonyl (C=O) groups is 1. The predicted molar refractivity (Wildman–Crippen MR) is 78.7 cm³/mol. The van der Waals surface area contributed by atoms with Gasteiger partial charge in [-0.15, -0.1) is 0 Å². The second-order valence-corrected chi connectivity index (χ2v) is 8.71. The topological polar surface area (TPSA) is 75.7 Å². The summed E-state index contributed by atoms with van der Waals surface area (Å²) in [6, 6.07) is 0.149. The number of amides is 1. The molecule has 2 atom stereocenters. The van der Waals surface area contributed by atoms with E-state index in [-0.39, 0.29) is 23.5 Å². The fraction of sp³-hybridized carbons (Fsp3) is 0.929. The van der Waals surface area contributed by atoms with Gasteiger partial charge in [0.05, 0.1) is 18.1 Å². The molecule has 0 aromatic carbocycles. The molecular formula is C14H24N2O4S. The Balaban J connectivity index is 1.56. The third-order valence-electron chi connectivity index (χ3n) is 4.51. The Morgan fingerprint density at radius 2 is 2.10 bits per heavy atom. The van der Waals surface area contributed by atoms with E-state index in [9.17, 15) is 13.2 Å². The third-order valence-corrected chi connectivity index (χ3v) is 6.25. The lowest BCUT2D eigenvalue weighted by atomic mass is 10.1. The summed E-state index contributed by atoms with van der Waals surface area (Å²) in [5.74, 6) is 0.810. The molecule has 0 aromatic heterocycles. The molecule has 3 aliphatic rings. The summed E-state index contributed by atoms with van der Waals surface area (Å²) in [5, 5.41) is 3.16. The summed E-state index contributed by atoms with van der Waals surface area (Å²) in [6.07, 6.45) is 3.47. The third kappa shape index (κ3) is 4.17. The average molecular weight is 316 g/mol. The highest BCUT2D eigenvalue weighted by molar-refractivity contribution is 7.91. The quantitative estimate of drug-likeness (QED) is 0.760. The molecule has 2 unspecified atom stereocenters. The SMILES string of the molecule is O=C(CC1CS(=O)(=O)CCN1)N(CC1CCOC1)C1CC1. The molecule has 2 saturated heterocycles. The maximum absolute atomic E-state index is 12.5. The van der Waals surface area contributed by atoms with Gasteiger partial charge in [-0.25, -0.2) is 8.42 Å². The van der Waals surface area contributed by atoms with E-state index < -0.39 is 9.84 Å². The minimum Gasteiger partial charge on any atom is -0.381 e. The van der Waals surface area contributed by atoms with Gasteiger partial charge in [-0.2, -0.15) is 0 Å². The van der Waals surface area contributed by atoms with Crippen LogP contribution in [0.2, 0.25) is 0 Å². The minimum absolute atomic E-state index is 0.0871. The van der Waals surface area contributed by atoms with Crippen LogP contribution in [0, 0.1) is 5.92 Å². The number of carbonyl (C=O) groups excluding carboxylic acids is 1. The van der Waals surface area contributed by atoms with E-state index in [0.717, 1.165) is 39.0 Å². The first-order valence-corrected chi connectivity index (χ1v) is 9.67. The molecule has 2 heterocycles. The van der Waals surface area contributed by atoms with Crippen LogP contribution in [-0.2, 0) is 19.4 Å². The molecule has 0 aromatic rings. The monoisotopic (exact) mass is 316 g/mol. The second-order valence-electron chi connectivity index (χ2n) is 6.48. The van der Waals surface area contributed by atoms with E-state index in [2.05, 4.69) is 5.32 Å². The Labute approximate surface area is 126 Å². The number of ether oxygens (including phenoxy) is 1. The molecule has 0 radical (unpaired) electrons. The zero-order valence-corrected chi connectivity index (χ0v) is 13.1. The van der Waals surface area contributed by atoms with Crippen molar-refractivity contribution in [3.63, 3.8) is 0 Å². The molecule has 7 heteroatoms. The Bertz CT molecular complexity index is 483. The molecule has 0 bridgehead atoms. The molecule has 1 aliphatic carbocycles. The highest BCUT2D eigenvalue weighted by Gasteiger charge is 2.36. The molecule has 1 amide bonds. The smallest absolute Gasteiger partial charge is 0.224 e. The maximum atomic E-state index is 12.5. The van der Waals surface area contributed by atoms with Gasteiger partial charge in [-0.3, -0.25) is 4.79 Å². The van der Waals surface area contributed by atoms with E-state index in [0.29, 0.717) is 24.9 Å². The average Bonchev–Trinajstić information content (AvgIpc) is 3.11. The summed E-state index contributed by atoms with van der Waals surface area (Å²) in [6.45, 7) is 2.76. The van der Waals surface area contributed by atoms with Gasteiger partial charge in [0, 0.05) is 44.1 Å². The van der Waals surface area contributed by atoms with Gasteiger partial charge in [0.2, 0.25) is 5.91 Å². The van der Waals surface area contributed by atoms with E-state index >= 15 is 0 Å². The van der Waals surface area contributed by atoms with E-state index in [1.54, 1.807) is 0 Å². The molecular weight excluding hydrogens is 292 g/mol. The molecule has 6 nitrogen and oxygen atoms in total. The van der Waals surface area contributed by atoms with Crippen molar-refractivity contribution in [2.75, 3.05) is 37.8 Å². The first-order valence-electron chi connectivity index (χ1n) is 7.84. The van der Waals surface area contributed by atoms with Crippen LogP contribution in [0.25, 0.3) is 0 Å². The Morgan fingerprint density at radius 1 is 1.29 bits per heavy atom. The van der Waals surface area contributed by atoms with E-state index in [1.165, 1.54) is 0 Å². The van der Waals surface area contributed by atoms with Gasteiger partial charge in [-0.1, -0.05) is 0 Å². The van der Waals surface area contributed by atoms with Gasteiger partial charge in [0.25, 0.3) is 0 Å². The van der Waals surface area contributed by atoms with Crippen molar-refractivity contribution in [2.45, 2.75) is 37.8 Å². The predicted octanol–water partition coefficient (Wildman–Crippen LogP) is -0.209. The van der Waals surface area contributed by atoms with Crippen molar-refractivity contribution in [2.24, 2.45) is 5.92 Å². The van der Waals surface area contributed by atoms with Crippen LogP contribution >= 0.6 is 0 Å². The lowest BCUT2D eigenvalue weighted by Crippen LogP contribution is -2.48. The molecule has 0 spiro atoms. The summed E-state index contributed by atoms with van der Waals surface area (Å²) in [7, 11) is -2.98. The number of rotatable bonds is 5. The lowest BCUT2D eigenvalue weighted by molar-refractivity contribution is -0.132. The number of sulfone groups is 1. The molecule has 120 valence electrons. The highest BCUT2D eigenvalue weighted by Crippen LogP contribution is 2.29. The lowest BCUT2D eigenvalue weighted by Gasteiger charge is -2.29. The summed E-state index contributed by atoms with van der Waals surface area (Å²) < 4.78 is 28.7. The van der Waals surface area contributed by atoms with Crippen molar-refractivity contribution in [1.29, 1.82) is 0 Å². The fourth-order valence-corrected chi connectivity index (χ4v) is 4.62. The zero-order valence-electron chi connectivity index (χ0n) is 12.3. The van der Waals surface area contributed by atoms with Crippen LogP contribution in [0.3, 0.4) is 0 Å². The number of hydrogen-bond acceptors (Lipinski definition) is 5. The minimum atomic E-state index is -2.98. The van der Waals surface area contributed by atoms with Crippen LogP contribution in [0.5, 0.6) is 0 Å². The standard InChI is InChI=1S/C14H24N2O4S/c17-14(7-12-10-21(18,19)6-4-15-12)16(13-1-2-13)8-11-3-5-20-9-11/h11-13,15H,1-10H2. The van der Waals surface area contributed by atoms with Crippen molar-refractivity contribution in [3.8, 4) is 0 Å². The normalized spacial score (nSPS) is 32.0. The van der Waals surface area contributed by atoms with Crippen molar-refractivity contribution >= 4 is 15.7 Å². The molecule has 1 N–H and O–H groups in total. The highest BCUT2D eigenvalue weighted by atomic mass is 32.2. The van der Waals surface area contributed by atoms with Crippen molar-refractivity contribution in [3.05, 3.63) is 0 Å². The molecule has 3 rings (SSSR count). The van der Waals surface area contributed by atoms with Gasteiger partial charge >= 0.3 is 0 Å². The Morgan fingerprint density at radius 3 is 2.71 bits per heavy atom. The van der Waals surface area contributed by atoms with Crippen molar-refractivity contribution in [1.82, 2.24) is 10.2 Å². The number of nitrogens with zero attached hydrogens (tertiary/aromatic N) is 1. The first kappa shape index (κ1) is 15.2. The van der Waals surface area contributed by atoms with Gasteiger partial charge in [0.15, 0.2) is 9.84 Å². The molecule has 21 heavy (non-hydrogen) atoms. The summed E-state index contributed by atoms with van der Waals surface area (Å²) >= 11 is 0. The number of hydrogen-bond donors (Lipinski definition) is 1. The van der Waals surface area contributed by atoms with E-state index in [1.807, 2.05) is 4.90 Å². The van der Waals surface area contributed by atoms with Crippen LogP contribution in [0.15, 0.2) is 0 Å². The van der Waals surface area contributed by atoms with Gasteiger partial charge in [0.1, 0.15) is 0 Å². The van der Waals surface area contributed by atoms with Crippen LogP contribution in [0.4, 0.5) is 0 Å². The van der Waals surface area contributed by atoms with Crippen molar-refractivity contribution < 1.29 is 17.9 Å². The Kier molecular flexibility index (Phi) is 4.51.